The lowest BCUT2D eigenvalue weighted by molar-refractivity contribution is -0.138. The summed E-state index contributed by atoms with van der Waals surface area (Å²) in [5.74, 6) is -0.850. The number of carboxylic acid groups (broad SMARTS) is 1. The van der Waals surface area contributed by atoms with Crippen molar-refractivity contribution in [1.29, 1.82) is 0 Å². The average molecular weight is 444 g/mol. The van der Waals surface area contributed by atoms with Crippen LogP contribution in [0.5, 0.6) is 0 Å². The van der Waals surface area contributed by atoms with Crippen LogP contribution in [-0.4, -0.2) is 47.0 Å². The number of thioether (sulfide) groups is 1. The lowest BCUT2D eigenvalue weighted by Crippen LogP contribution is -2.33. The van der Waals surface area contributed by atoms with Gasteiger partial charge in [-0.3, -0.25) is 14.4 Å². The van der Waals surface area contributed by atoms with Gasteiger partial charge in [0.05, 0.1) is 5.75 Å². The number of rotatable bonds is 13. The third-order valence-corrected chi connectivity index (χ3v) is 5.57. The molecular weight excluding hydrogens is 414 g/mol. The molecule has 1 atom stereocenters. The maximum atomic E-state index is 12.2. The molecule has 0 saturated heterocycles. The Bertz CT molecular complexity index is 861. The topological polar surface area (TPSA) is 122 Å². The summed E-state index contributed by atoms with van der Waals surface area (Å²) in [6.07, 6.45) is 2.77. The quantitative estimate of drug-likeness (QED) is 0.353. The Morgan fingerprint density at radius 1 is 0.935 bits per heavy atom. The molecule has 0 fully saturated rings. The van der Waals surface area contributed by atoms with Crippen molar-refractivity contribution in [2.45, 2.75) is 31.7 Å². The van der Waals surface area contributed by atoms with E-state index in [2.05, 4.69) is 10.6 Å². The molecule has 7 nitrogen and oxygen atoms in total. The van der Waals surface area contributed by atoms with Gasteiger partial charge in [-0.2, -0.15) is 0 Å². The molecule has 166 valence electrons. The Hall–Kier alpha value is -2.84. The highest BCUT2D eigenvalue weighted by Gasteiger charge is 2.12. The third-order valence-electron chi connectivity index (χ3n) is 4.50. The molecule has 0 unspecified atom stereocenters. The van der Waals surface area contributed by atoms with Gasteiger partial charge in [0.1, 0.15) is 6.04 Å². The van der Waals surface area contributed by atoms with Gasteiger partial charge >= 0.3 is 5.97 Å². The lowest BCUT2D eigenvalue weighted by atomic mass is 10.1. The van der Waals surface area contributed by atoms with E-state index < -0.39 is 12.0 Å². The number of nitrogens with two attached hydrogens (primary N) is 1. The van der Waals surface area contributed by atoms with Crippen LogP contribution in [0.1, 0.15) is 25.7 Å². The van der Waals surface area contributed by atoms with Crippen molar-refractivity contribution in [3.63, 3.8) is 0 Å². The van der Waals surface area contributed by atoms with Gasteiger partial charge in [-0.05, 0) is 36.1 Å². The number of anilines is 1. The second kappa shape index (κ2) is 13.5. The van der Waals surface area contributed by atoms with E-state index in [9.17, 15) is 14.4 Å². The Morgan fingerprint density at radius 2 is 1.68 bits per heavy atom. The van der Waals surface area contributed by atoms with E-state index >= 15 is 0 Å². The number of aliphatic carboxylic acids is 1. The normalized spacial score (nSPS) is 11.5. The van der Waals surface area contributed by atoms with Crippen LogP contribution < -0.4 is 16.4 Å². The van der Waals surface area contributed by atoms with E-state index in [0.717, 1.165) is 36.1 Å². The number of unbranched alkanes of at least 4 members (excludes halogenated alkanes) is 2. The fraction of sp³-hybridized carbons (Fsp3) is 0.348. The summed E-state index contributed by atoms with van der Waals surface area (Å²) in [6, 6.07) is 16.8. The van der Waals surface area contributed by atoms with Gasteiger partial charge in [-0.15, -0.1) is 11.8 Å². The summed E-state index contributed by atoms with van der Waals surface area (Å²) in [7, 11) is 0. The smallest absolute Gasteiger partial charge is 0.321 e. The maximum Gasteiger partial charge on any atom is 0.321 e. The molecule has 0 spiro atoms. The standard InChI is InChI=1S/C23H29N3O4S/c24-20(23(29)30)15-31-16-22(28)25-13-6-2-5-12-21(27)26-19-11-7-10-18(14-19)17-8-3-1-4-9-17/h1,3-4,7-11,14,20H,2,5-6,12-13,15-16,24H2,(H,25,28)(H,26,27)(H,29,30)/t20-/m0/s1. The predicted octanol–water partition coefficient (Wildman–Crippen LogP) is 3.11. The second-order valence-corrected chi connectivity index (χ2v) is 8.15. The minimum absolute atomic E-state index is 0.0274. The fourth-order valence-electron chi connectivity index (χ4n) is 2.85. The van der Waals surface area contributed by atoms with Crippen molar-refractivity contribution < 1.29 is 19.5 Å². The van der Waals surface area contributed by atoms with Crippen LogP contribution >= 0.6 is 11.8 Å². The molecule has 0 aromatic heterocycles. The highest BCUT2D eigenvalue weighted by Crippen LogP contribution is 2.22. The summed E-state index contributed by atoms with van der Waals surface area (Å²) in [5.41, 5.74) is 8.31. The number of benzene rings is 2. The van der Waals surface area contributed by atoms with Crippen LogP contribution in [0.15, 0.2) is 54.6 Å². The first-order valence-corrected chi connectivity index (χ1v) is 11.4. The zero-order valence-corrected chi connectivity index (χ0v) is 18.2. The first-order chi connectivity index (χ1) is 15.0. The van der Waals surface area contributed by atoms with Crippen LogP contribution in [0, 0.1) is 0 Å². The van der Waals surface area contributed by atoms with Crippen LogP contribution in [0.2, 0.25) is 0 Å². The van der Waals surface area contributed by atoms with Crippen molar-refractivity contribution in [2.75, 3.05) is 23.4 Å². The summed E-state index contributed by atoms with van der Waals surface area (Å²) in [6.45, 7) is 0.533. The Kier molecular flexibility index (Phi) is 10.6. The van der Waals surface area contributed by atoms with E-state index in [1.54, 1.807) is 0 Å². The molecule has 0 heterocycles. The second-order valence-electron chi connectivity index (χ2n) is 7.12. The molecule has 0 radical (unpaired) electrons. The van der Waals surface area contributed by atoms with Crippen molar-refractivity contribution in [3.05, 3.63) is 54.6 Å². The Morgan fingerprint density at radius 3 is 2.42 bits per heavy atom. The molecular formula is C23H29N3O4S. The highest BCUT2D eigenvalue weighted by molar-refractivity contribution is 8.00. The van der Waals surface area contributed by atoms with E-state index in [1.165, 1.54) is 11.8 Å². The van der Waals surface area contributed by atoms with Crippen molar-refractivity contribution in [3.8, 4) is 11.1 Å². The minimum Gasteiger partial charge on any atom is -0.480 e. The summed E-state index contributed by atoms with van der Waals surface area (Å²) < 4.78 is 0. The number of nitrogens with one attached hydrogen (secondary N) is 2. The Balaban J connectivity index is 1.57. The van der Waals surface area contributed by atoms with Crippen LogP contribution in [-0.2, 0) is 14.4 Å². The molecule has 0 aliphatic rings. The third kappa shape index (κ3) is 9.67. The maximum absolute atomic E-state index is 12.2. The molecule has 0 saturated carbocycles. The van der Waals surface area contributed by atoms with Crippen molar-refractivity contribution in [2.24, 2.45) is 5.73 Å². The molecule has 5 N–H and O–H groups in total. The molecule has 0 aliphatic carbocycles. The molecule has 31 heavy (non-hydrogen) atoms. The average Bonchev–Trinajstić information content (AvgIpc) is 2.76. The largest absolute Gasteiger partial charge is 0.480 e. The monoisotopic (exact) mass is 443 g/mol. The van der Waals surface area contributed by atoms with Gasteiger partial charge in [-0.25, -0.2) is 0 Å². The molecule has 2 rings (SSSR count). The predicted molar refractivity (Wildman–Crippen MR) is 125 cm³/mol. The van der Waals surface area contributed by atoms with Crippen LogP contribution in [0.25, 0.3) is 11.1 Å². The number of carbonyl (C=O) groups is 3. The number of amides is 2. The summed E-state index contributed by atoms with van der Waals surface area (Å²) in [4.78, 5) is 34.5. The number of carbonyl (C=O) groups excluding carboxylic acids is 2. The minimum atomic E-state index is -1.07. The van der Waals surface area contributed by atoms with E-state index in [1.807, 2.05) is 54.6 Å². The van der Waals surface area contributed by atoms with E-state index in [0.29, 0.717) is 13.0 Å². The van der Waals surface area contributed by atoms with Gasteiger partial charge in [0.25, 0.3) is 0 Å². The molecule has 2 aromatic carbocycles. The SMILES string of the molecule is N[C@@H](CSCC(=O)NCCCCCC(=O)Nc1cccc(-c2ccccc2)c1)C(=O)O. The van der Waals surface area contributed by atoms with E-state index in [4.69, 9.17) is 10.8 Å². The van der Waals surface area contributed by atoms with Gasteiger partial charge < -0.3 is 21.5 Å². The number of hydrogen-bond acceptors (Lipinski definition) is 5. The highest BCUT2D eigenvalue weighted by atomic mass is 32.2. The molecule has 2 amide bonds. The van der Waals surface area contributed by atoms with Crippen LogP contribution in [0.3, 0.4) is 0 Å². The summed E-state index contributed by atoms with van der Waals surface area (Å²) in [5, 5.41) is 14.4. The fourth-order valence-corrected chi connectivity index (χ4v) is 3.65. The molecule has 0 aliphatic heterocycles. The van der Waals surface area contributed by atoms with Gasteiger partial charge in [0.15, 0.2) is 0 Å². The van der Waals surface area contributed by atoms with E-state index in [-0.39, 0.29) is 23.3 Å². The van der Waals surface area contributed by atoms with Crippen molar-refractivity contribution >= 4 is 35.2 Å². The molecule has 8 heteroatoms. The van der Waals surface area contributed by atoms with Crippen LogP contribution in [0.4, 0.5) is 5.69 Å². The van der Waals surface area contributed by atoms with Gasteiger partial charge in [0.2, 0.25) is 11.8 Å². The summed E-state index contributed by atoms with van der Waals surface area (Å²) >= 11 is 1.20. The molecule has 0 bridgehead atoms. The zero-order valence-electron chi connectivity index (χ0n) is 17.4. The van der Waals surface area contributed by atoms with Crippen molar-refractivity contribution in [1.82, 2.24) is 5.32 Å². The number of hydrogen-bond donors (Lipinski definition) is 4. The lowest BCUT2D eigenvalue weighted by Gasteiger charge is -2.08. The molecule has 2 aromatic rings. The van der Waals surface area contributed by atoms with Gasteiger partial charge in [0, 0.05) is 24.4 Å². The Labute approximate surface area is 186 Å². The number of carboxylic acids is 1. The first-order valence-electron chi connectivity index (χ1n) is 10.2. The van der Waals surface area contributed by atoms with Gasteiger partial charge in [-0.1, -0.05) is 48.9 Å². The zero-order chi connectivity index (χ0) is 22.5. The first kappa shape index (κ1) is 24.4.